The number of carbonyl (C=O) groups excluding carboxylic acids is 1. The van der Waals surface area contributed by atoms with Crippen LogP contribution in [0.4, 0.5) is 0 Å². The van der Waals surface area contributed by atoms with Crippen LogP contribution >= 0.6 is 0 Å². The van der Waals surface area contributed by atoms with Crippen LogP contribution in [0.2, 0.25) is 0 Å². The Morgan fingerprint density at radius 3 is 2.64 bits per heavy atom. The summed E-state index contributed by atoms with van der Waals surface area (Å²) < 4.78 is 4.97. The molecule has 3 nitrogen and oxygen atoms in total. The number of aromatic hydroxyl groups is 1. The lowest BCUT2D eigenvalue weighted by Gasteiger charge is -2.09. The van der Waals surface area contributed by atoms with E-state index in [9.17, 15) is 9.90 Å². The lowest BCUT2D eigenvalue weighted by molar-refractivity contribution is 0.0374. The molecule has 0 amide bonds. The smallest absolute Gasteiger partial charge is 0.342 e. The number of rotatable bonds is 2. The number of aryl methyl sites for hydroxylation is 1. The van der Waals surface area contributed by atoms with Crippen molar-refractivity contribution in [2.24, 2.45) is 0 Å². The van der Waals surface area contributed by atoms with Gasteiger partial charge in [0.1, 0.15) is 11.3 Å². The molecule has 0 fully saturated rings. The minimum absolute atomic E-state index is 0.0405. The molecule has 14 heavy (non-hydrogen) atoms. The SMILES string of the molecule is Cc1ccc(O)c(C(=O)OC(C)C)c1. The molecular formula is C11H14O3. The highest BCUT2D eigenvalue weighted by Gasteiger charge is 2.13. The van der Waals surface area contributed by atoms with Crippen LogP contribution in [0.25, 0.3) is 0 Å². The summed E-state index contributed by atoms with van der Waals surface area (Å²) >= 11 is 0. The predicted molar refractivity (Wildman–Crippen MR) is 53.4 cm³/mol. The zero-order valence-corrected chi connectivity index (χ0v) is 8.57. The molecule has 0 radical (unpaired) electrons. The summed E-state index contributed by atoms with van der Waals surface area (Å²) in [6, 6.07) is 4.84. The first kappa shape index (κ1) is 10.6. The van der Waals surface area contributed by atoms with Gasteiger partial charge in [-0.15, -0.1) is 0 Å². The first-order chi connectivity index (χ1) is 6.50. The predicted octanol–water partition coefficient (Wildman–Crippen LogP) is 2.27. The van der Waals surface area contributed by atoms with Gasteiger partial charge in [-0.3, -0.25) is 0 Å². The van der Waals surface area contributed by atoms with E-state index in [-0.39, 0.29) is 17.4 Å². The normalized spacial score (nSPS) is 10.3. The topological polar surface area (TPSA) is 46.5 Å². The van der Waals surface area contributed by atoms with E-state index in [1.807, 2.05) is 6.92 Å². The Bertz CT molecular complexity index is 342. The number of esters is 1. The summed E-state index contributed by atoms with van der Waals surface area (Å²) in [7, 11) is 0. The quantitative estimate of drug-likeness (QED) is 0.734. The fourth-order valence-corrected chi connectivity index (χ4v) is 1.09. The largest absolute Gasteiger partial charge is 0.507 e. The van der Waals surface area contributed by atoms with Gasteiger partial charge in [0.05, 0.1) is 6.10 Å². The van der Waals surface area contributed by atoms with E-state index in [1.165, 1.54) is 6.07 Å². The van der Waals surface area contributed by atoms with Crippen LogP contribution in [0.15, 0.2) is 18.2 Å². The Balaban J connectivity index is 2.94. The molecular weight excluding hydrogens is 180 g/mol. The van der Waals surface area contributed by atoms with E-state index in [0.717, 1.165) is 5.56 Å². The number of carbonyl (C=O) groups is 1. The van der Waals surface area contributed by atoms with E-state index in [4.69, 9.17) is 4.74 Å². The highest BCUT2D eigenvalue weighted by Crippen LogP contribution is 2.19. The fourth-order valence-electron chi connectivity index (χ4n) is 1.09. The van der Waals surface area contributed by atoms with E-state index >= 15 is 0 Å². The average molecular weight is 194 g/mol. The number of benzene rings is 1. The Morgan fingerprint density at radius 1 is 1.43 bits per heavy atom. The van der Waals surface area contributed by atoms with Gasteiger partial charge >= 0.3 is 5.97 Å². The van der Waals surface area contributed by atoms with Crippen molar-refractivity contribution in [3.63, 3.8) is 0 Å². The highest BCUT2D eigenvalue weighted by atomic mass is 16.5. The molecule has 1 aromatic rings. The third-order valence-corrected chi connectivity index (χ3v) is 1.71. The van der Waals surface area contributed by atoms with Crippen LogP contribution in [0.5, 0.6) is 5.75 Å². The summed E-state index contributed by atoms with van der Waals surface area (Å²) in [6.07, 6.45) is -0.178. The minimum atomic E-state index is -0.485. The van der Waals surface area contributed by atoms with Crippen molar-refractivity contribution in [3.05, 3.63) is 29.3 Å². The fraction of sp³-hybridized carbons (Fsp3) is 0.364. The average Bonchev–Trinajstić information content (AvgIpc) is 2.08. The van der Waals surface area contributed by atoms with Crippen molar-refractivity contribution in [1.82, 2.24) is 0 Å². The number of phenolic OH excluding ortho intramolecular Hbond substituents is 1. The van der Waals surface area contributed by atoms with Crippen LogP contribution in [-0.2, 0) is 4.74 Å². The molecule has 0 aliphatic rings. The molecule has 1 aromatic carbocycles. The van der Waals surface area contributed by atoms with Crippen LogP contribution in [0.1, 0.15) is 29.8 Å². The van der Waals surface area contributed by atoms with Crippen molar-refractivity contribution >= 4 is 5.97 Å². The Hall–Kier alpha value is -1.51. The monoisotopic (exact) mass is 194 g/mol. The van der Waals surface area contributed by atoms with E-state index < -0.39 is 5.97 Å². The Labute approximate surface area is 83.3 Å². The molecule has 0 spiro atoms. The third kappa shape index (κ3) is 2.49. The summed E-state index contributed by atoms with van der Waals surface area (Å²) in [4.78, 5) is 11.4. The molecule has 3 heteroatoms. The van der Waals surface area contributed by atoms with Gasteiger partial charge < -0.3 is 9.84 Å². The molecule has 0 heterocycles. The van der Waals surface area contributed by atoms with Gasteiger partial charge in [-0.25, -0.2) is 4.79 Å². The first-order valence-corrected chi connectivity index (χ1v) is 4.51. The Morgan fingerprint density at radius 2 is 2.07 bits per heavy atom. The van der Waals surface area contributed by atoms with Gasteiger partial charge in [0.25, 0.3) is 0 Å². The van der Waals surface area contributed by atoms with E-state index in [2.05, 4.69) is 0 Å². The Kier molecular flexibility index (Phi) is 3.12. The van der Waals surface area contributed by atoms with Crippen molar-refractivity contribution in [2.75, 3.05) is 0 Å². The van der Waals surface area contributed by atoms with Gasteiger partial charge in [-0.2, -0.15) is 0 Å². The van der Waals surface area contributed by atoms with Crippen LogP contribution in [0, 0.1) is 6.92 Å². The van der Waals surface area contributed by atoms with E-state index in [1.54, 1.807) is 26.0 Å². The van der Waals surface area contributed by atoms with Crippen LogP contribution < -0.4 is 0 Å². The van der Waals surface area contributed by atoms with Crippen molar-refractivity contribution in [3.8, 4) is 5.75 Å². The standard InChI is InChI=1S/C11H14O3/c1-7(2)14-11(13)9-6-8(3)4-5-10(9)12/h4-7,12H,1-3H3. The molecule has 1 N–H and O–H groups in total. The lowest BCUT2D eigenvalue weighted by atomic mass is 10.1. The van der Waals surface area contributed by atoms with Crippen molar-refractivity contribution in [1.29, 1.82) is 0 Å². The second-order valence-electron chi connectivity index (χ2n) is 3.47. The minimum Gasteiger partial charge on any atom is -0.507 e. The maximum Gasteiger partial charge on any atom is 0.342 e. The number of phenols is 1. The highest BCUT2D eigenvalue weighted by molar-refractivity contribution is 5.92. The summed E-state index contributed by atoms with van der Waals surface area (Å²) in [5.41, 5.74) is 1.14. The molecule has 1 rings (SSSR count). The number of hydrogen-bond donors (Lipinski definition) is 1. The zero-order chi connectivity index (χ0) is 10.7. The zero-order valence-electron chi connectivity index (χ0n) is 8.57. The third-order valence-electron chi connectivity index (χ3n) is 1.71. The van der Waals surface area contributed by atoms with Crippen LogP contribution in [0.3, 0.4) is 0 Å². The first-order valence-electron chi connectivity index (χ1n) is 4.51. The van der Waals surface area contributed by atoms with Gasteiger partial charge in [0, 0.05) is 0 Å². The van der Waals surface area contributed by atoms with Gasteiger partial charge in [-0.05, 0) is 32.9 Å². The number of ether oxygens (including phenoxy) is 1. The summed E-state index contributed by atoms with van der Waals surface area (Å²) in [6.45, 7) is 5.39. The molecule has 0 atom stereocenters. The molecule has 0 bridgehead atoms. The lowest BCUT2D eigenvalue weighted by Crippen LogP contribution is -2.11. The molecule has 0 unspecified atom stereocenters. The van der Waals surface area contributed by atoms with E-state index in [0.29, 0.717) is 0 Å². The van der Waals surface area contributed by atoms with Gasteiger partial charge in [-0.1, -0.05) is 11.6 Å². The van der Waals surface area contributed by atoms with Gasteiger partial charge in [0.2, 0.25) is 0 Å². The van der Waals surface area contributed by atoms with Crippen molar-refractivity contribution in [2.45, 2.75) is 26.9 Å². The molecule has 0 aliphatic heterocycles. The van der Waals surface area contributed by atoms with Crippen molar-refractivity contribution < 1.29 is 14.6 Å². The summed E-state index contributed by atoms with van der Waals surface area (Å²) in [5.74, 6) is -0.526. The van der Waals surface area contributed by atoms with Crippen LogP contribution in [-0.4, -0.2) is 17.2 Å². The molecule has 0 aliphatic carbocycles. The maximum atomic E-state index is 11.4. The maximum absolute atomic E-state index is 11.4. The molecule has 76 valence electrons. The van der Waals surface area contributed by atoms with Gasteiger partial charge in [0.15, 0.2) is 0 Å². The number of hydrogen-bond acceptors (Lipinski definition) is 3. The second-order valence-corrected chi connectivity index (χ2v) is 3.47. The second kappa shape index (κ2) is 4.13. The molecule has 0 saturated heterocycles. The molecule has 0 aromatic heterocycles. The molecule has 0 saturated carbocycles. The summed E-state index contributed by atoms with van der Waals surface area (Å²) in [5, 5.41) is 9.42.